The quantitative estimate of drug-likeness (QED) is 0.341. The fourth-order valence-corrected chi connectivity index (χ4v) is 0. The molecule has 0 aromatic heterocycles. The van der Waals surface area contributed by atoms with E-state index in [0.29, 0.717) is 0 Å². The van der Waals surface area contributed by atoms with Crippen molar-refractivity contribution in [2.24, 2.45) is 0 Å². The maximum atomic E-state index is 0. The molecule has 0 aliphatic heterocycles. The topological polar surface area (TPSA) is 31.5 Å². The van der Waals surface area contributed by atoms with Gasteiger partial charge in [0.15, 0.2) is 0 Å². The first-order valence-electron chi connectivity index (χ1n) is 0. The van der Waals surface area contributed by atoms with Gasteiger partial charge in [0.25, 0.3) is 0 Å². The molecule has 26 valence electrons. The average Bonchev–Trinajstić information content (AvgIpc) is 0. The van der Waals surface area contributed by atoms with Crippen LogP contribution in [0.1, 0.15) is 0 Å². The molecule has 0 rings (SSSR count). The molecule has 0 aliphatic rings. The smallest absolute Gasteiger partial charge is 0 e. The van der Waals surface area contributed by atoms with Gasteiger partial charge in [-0.15, -0.1) is 0 Å². The molecule has 0 aromatic carbocycles. The predicted octanol–water partition coefficient (Wildman–Crippen LogP) is -7.68. The molecule has 0 heterocycles. The van der Waals surface area contributed by atoms with Crippen molar-refractivity contribution in [1.29, 1.82) is 0 Å². The normalized spacial score (nSPS) is 0. The maximum absolute atomic E-state index is 0. The summed E-state index contributed by atoms with van der Waals surface area (Å²) in [4.78, 5) is 0. The van der Waals surface area contributed by atoms with E-state index in [1.54, 1.807) is 0 Å². The van der Waals surface area contributed by atoms with Gasteiger partial charge in [0.05, 0.1) is 0 Å². The third kappa shape index (κ3) is 129. The van der Waals surface area contributed by atoms with Crippen LogP contribution < -0.4 is 0 Å². The monoisotopic (exact) mass is 432 g/mol. The van der Waals surface area contributed by atoms with Crippen molar-refractivity contribution < 1.29 is 5.48 Å². The minimum absolute atomic E-state index is 0. The van der Waals surface area contributed by atoms with Crippen LogP contribution >= 0.6 is 0 Å². The van der Waals surface area contributed by atoms with E-state index in [-0.39, 0.29) is 538 Å². The maximum Gasteiger partial charge on any atom is 0 e. The van der Waals surface area contributed by atoms with Crippen molar-refractivity contribution in [2.75, 3.05) is 0 Å². The molecule has 0 bridgehead atoms. The Morgan fingerprint density at radius 1 is 0.105 bits per heavy atom. The van der Waals surface area contributed by atoms with E-state index in [4.69, 9.17) is 0 Å². The van der Waals surface area contributed by atoms with Crippen LogP contribution in [0.15, 0.2) is 0 Å². The van der Waals surface area contributed by atoms with Gasteiger partial charge in [-0.05, 0) is 0 Å². The summed E-state index contributed by atoms with van der Waals surface area (Å²) in [5.41, 5.74) is 0. The van der Waals surface area contributed by atoms with E-state index < -0.39 is 0 Å². The molecule has 0 amide bonds. The van der Waals surface area contributed by atoms with E-state index in [9.17, 15) is 0 Å². The van der Waals surface area contributed by atoms with E-state index in [0.717, 1.165) is 0 Å². The molecular formula is H2Na18O. The fraction of sp³-hybridized carbons (Fsp3) is 0. The van der Waals surface area contributed by atoms with Crippen LogP contribution in [0.5, 0.6) is 0 Å². The largest absolute Gasteiger partial charge is 0.412 e. The Balaban J connectivity index is 0. The summed E-state index contributed by atoms with van der Waals surface area (Å²) in [6.45, 7) is 0. The Bertz CT molecular complexity index is 5.65. The van der Waals surface area contributed by atoms with Crippen LogP contribution in [0, 0.1) is 0 Å². The zero-order valence-corrected chi connectivity index (χ0v) is 54.5. The van der Waals surface area contributed by atoms with Crippen LogP contribution in [0.2, 0.25) is 0 Å². The van der Waals surface area contributed by atoms with Crippen LogP contribution in [-0.2, 0) is 0 Å². The van der Waals surface area contributed by atoms with E-state index >= 15 is 0 Å². The Hall–Kier alpha value is 18.0. The average molecular weight is 432 g/mol. The summed E-state index contributed by atoms with van der Waals surface area (Å²) < 4.78 is 0. The molecule has 0 spiro atoms. The second-order valence-electron chi connectivity index (χ2n) is 0. The molecule has 0 fully saturated rings. The standard InChI is InChI=1S/18Na.H2O/h;;;;;;;;;;;;;;;;;;1H2. The number of rotatable bonds is 0. The molecule has 0 aromatic rings. The predicted molar refractivity (Wildman–Crippen MR) is 107 cm³/mol. The second kappa shape index (κ2) is 136. The van der Waals surface area contributed by atoms with Crippen LogP contribution in [0.4, 0.5) is 0 Å². The summed E-state index contributed by atoms with van der Waals surface area (Å²) >= 11 is 0. The van der Waals surface area contributed by atoms with Gasteiger partial charge in [-0.1, -0.05) is 0 Å². The fourth-order valence-electron chi connectivity index (χ4n) is 0. The van der Waals surface area contributed by atoms with Gasteiger partial charge in [-0.25, -0.2) is 0 Å². The molecule has 0 atom stereocenters. The zero-order chi connectivity index (χ0) is 0. The van der Waals surface area contributed by atoms with Crippen LogP contribution in [-0.4, -0.2) is 538 Å². The molecular weight excluding hydrogens is 430 g/mol. The Morgan fingerprint density at radius 3 is 0.105 bits per heavy atom. The van der Waals surface area contributed by atoms with Crippen molar-refractivity contribution in [3.8, 4) is 0 Å². The summed E-state index contributed by atoms with van der Waals surface area (Å²) in [5.74, 6) is 0. The minimum Gasteiger partial charge on any atom is -0.412 e. The van der Waals surface area contributed by atoms with E-state index in [1.165, 1.54) is 0 Å². The SMILES string of the molecule is O.[Na].[Na].[Na].[Na].[Na].[Na].[Na].[Na].[Na].[Na].[Na].[Na].[Na].[Na].[Na].[Na].[Na].[Na]. The third-order valence-corrected chi connectivity index (χ3v) is 0. The first-order valence-corrected chi connectivity index (χ1v) is 0. The third-order valence-electron chi connectivity index (χ3n) is 0. The van der Waals surface area contributed by atoms with E-state index in [2.05, 4.69) is 0 Å². The van der Waals surface area contributed by atoms with E-state index in [1.807, 2.05) is 0 Å². The Labute approximate surface area is 518 Å². The Morgan fingerprint density at radius 2 is 0.105 bits per heavy atom. The van der Waals surface area contributed by atoms with Crippen LogP contribution in [0.3, 0.4) is 0 Å². The van der Waals surface area contributed by atoms with Crippen molar-refractivity contribution in [1.82, 2.24) is 0 Å². The van der Waals surface area contributed by atoms with Crippen LogP contribution in [0.25, 0.3) is 0 Å². The van der Waals surface area contributed by atoms with Crippen molar-refractivity contribution in [2.45, 2.75) is 0 Å². The molecule has 18 radical (unpaired) electrons. The van der Waals surface area contributed by atoms with Gasteiger partial charge in [0, 0.05) is 532 Å². The molecule has 0 saturated heterocycles. The molecule has 19 heavy (non-hydrogen) atoms. The molecule has 0 unspecified atom stereocenters. The summed E-state index contributed by atoms with van der Waals surface area (Å²) in [5, 5.41) is 0. The second-order valence-corrected chi connectivity index (χ2v) is 0. The molecule has 19 heteroatoms. The van der Waals surface area contributed by atoms with Gasteiger partial charge in [0.2, 0.25) is 0 Å². The van der Waals surface area contributed by atoms with Gasteiger partial charge < -0.3 is 5.48 Å². The van der Waals surface area contributed by atoms with Gasteiger partial charge in [-0.2, -0.15) is 0 Å². The van der Waals surface area contributed by atoms with Gasteiger partial charge in [0.1, 0.15) is 0 Å². The summed E-state index contributed by atoms with van der Waals surface area (Å²) in [7, 11) is 0. The summed E-state index contributed by atoms with van der Waals surface area (Å²) in [6, 6.07) is 0. The molecule has 2 N–H and O–H groups in total. The molecule has 1 nitrogen and oxygen atoms in total. The minimum atomic E-state index is 0. The first-order chi connectivity index (χ1) is 0. The first kappa shape index (κ1) is 148. The number of hydrogen-bond donors (Lipinski definition) is 0. The van der Waals surface area contributed by atoms with Crippen molar-refractivity contribution >= 4 is 532 Å². The van der Waals surface area contributed by atoms with Gasteiger partial charge >= 0.3 is 0 Å². The number of hydrogen-bond acceptors (Lipinski definition) is 0. The van der Waals surface area contributed by atoms with Crippen molar-refractivity contribution in [3.63, 3.8) is 0 Å². The Kier molecular flexibility index (Phi) is 1060. The zero-order valence-electron chi connectivity index (χ0n) is 18.5. The molecule has 0 saturated carbocycles. The van der Waals surface area contributed by atoms with Crippen molar-refractivity contribution in [3.05, 3.63) is 0 Å². The van der Waals surface area contributed by atoms with Gasteiger partial charge in [-0.3, -0.25) is 0 Å². The summed E-state index contributed by atoms with van der Waals surface area (Å²) in [6.07, 6.45) is 0. The molecule has 0 aliphatic carbocycles.